The van der Waals surface area contributed by atoms with Crippen molar-refractivity contribution in [3.05, 3.63) is 90.0 Å². The van der Waals surface area contributed by atoms with Gasteiger partial charge in [0.1, 0.15) is 0 Å². The van der Waals surface area contributed by atoms with Gasteiger partial charge in [0.05, 0.1) is 0 Å². The molecule has 4 rings (SSSR count). The maximum Gasteiger partial charge on any atom is 0.288 e. The molecule has 108 valence electrons. The molecular weight excluding hydrogens is 284 g/mol. The normalized spacial score (nSPS) is 15.0. The lowest BCUT2D eigenvalue weighted by Crippen LogP contribution is -2.72. The summed E-state index contributed by atoms with van der Waals surface area (Å²) >= 11 is 0. The van der Waals surface area contributed by atoms with Crippen molar-refractivity contribution in [3.8, 4) is 0 Å². The molecule has 1 nitrogen and oxygen atoms in total. The van der Waals surface area contributed by atoms with Gasteiger partial charge in [-0.05, 0) is 33.1 Å². The zero-order chi connectivity index (χ0) is 15.0. The minimum absolute atomic E-state index is 0.997. The van der Waals surface area contributed by atoms with E-state index in [9.17, 15) is 0 Å². The summed E-state index contributed by atoms with van der Waals surface area (Å²) < 4.78 is 6.36. The molecule has 0 saturated carbocycles. The third kappa shape index (κ3) is 1.81. The van der Waals surface area contributed by atoms with Crippen LogP contribution in [0.2, 0.25) is 0 Å². The van der Waals surface area contributed by atoms with E-state index in [0.29, 0.717) is 0 Å². The Morgan fingerprint density at radius 1 is 0.682 bits per heavy atom. The average molecular weight is 302 g/mol. The summed E-state index contributed by atoms with van der Waals surface area (Å²) in [6.45, 7) is 0. The Morgan fingerprint density at radius 2 is 1.18 bits per heavy atom. The van der Waals surface area contributed by atoms with Crippen molar-refractivity contribution in [1.29, 1.82) is 0 Å². The minimum atomic E-state index is -2.37. The molecule has 22 heavy (non-hydrogen) atoms. The van der Waals surface area contributed by atoms with Gasteiger partial charge in [-0.15, -0.1) is 0 Å². The number of hydrogen-bond acceptors (Lipinski definition) is 1. The van der Waals surface area contributed by atoms with Crippen LogP contribution in [-0.4, -0.2) is 15.4 Å². The Labute approximate surface area is 132 Å². The van der Waals surface area contributed by atoms with Crippen LogP contribution in [-0.2, 0) is 10.8 Å². The topological polar surface area (TPSA) is 9.23 Å². The third-order valence-electron chi connectivity index (χ3n) is 4.66. The Hall–Kier alpha value is -2.16. The van der Waals surface area contributed by atoms with Crippen molar-refractivity contribution in [1.82, 2.24) is 0 Å². The van der Waals surface area contributed by atoms with Gasteiger partial charge >= 0.3 is 0 Å². The monoisotopic (exact) mass is 302 g/mol. The van der Waals surface area contributed by atoms with E-state index in [4.69, 9.17) is 4.43 Å². The first-order valence-corrected chi connectivity index (χ1v) is 9.54. The second-order valence-electron chi connectivity index (χ2n) is 5.74. The molecule has 0 bridgehead atoms. The van der Waals surface area contributed by atoms with E-state index in [1.807, 2.05) is 7.11 Å². The Bertz CT molecular complexity index is 765. The molecular formula is C20H18OSi. The van der Waals surface area contributed by atoms with E-state index >= 15 is 0 Å². The fourth-order valence-corrected chi connectivity index (χ4v) is 7.87. The van der Waals surface area contributed by atoms with Gasteiger partial charge in [-0.3, -0.25) is 0 Å². The lowest BCUT2D eigenvalue weighted by atomic mass is 10.0. The molecule has 0 aromatic heterocycles. The molecule has 0 amide bonds. The van der Waals surface area contributed by atoms with Gasteiger partial charge in [-0.1, -0.05) is 78.9 Å². The van der Waals surface area contributed by atoms with Crippen LogP contribution in [0.3, 0.4) is 0 Å². The van der Waals surface area contributed by atoms with E-state index in [0.717, 1.165) is 6.42 Å². The maximum absolute atomic E-state index is 6.36. The Morgan fingerprint density at radius 3 is 1.73 bits per heavy atom. The summed E-state index contributed by atoms with van der Waals surface area (Å²) in [5.74, 6) is 0. The van der Waals surface area contributed by atoms with Crippen LogP contribution >= 0.6 is 0 Å². The summed E-state index contributed by atoms with van der Waals surface area (Å²) in [5, 5.41) is 4.10. The van der Waals surface area contributed by atoms with Gasteiger partial charge in [-0.2, -0.15) is 0 Å². The zero-order valence-corrected chi connectivity index (χ0v) is 13.6. The second kappa shape index (κ2) is 5.23. The van der Waals surface area contributed by atoms with Gasteiger partial charge in [0.2, 0.25) is 0 Å². The first kappa shape index (κ1) is 13.5. The van der Waals surface area contributed by atoms with Crippen molar-refractivity contribution in [3.63, 3.8) is 0 Å². The lowest BCUT2D eigenvalue weighted by Gasteiger charge is -2.37. The van der Waals surface area contributed by atoms with Gasteiger partial charge < -0.3 is 4.43 Å². The SMILES string of the molecule is CO[Si]1(c2ccccc2)c2ccccc2Cc2ccccc21. The fourth-order valence-electron chi connectivity index (χ4n) is 3.71. The predicted octanol–water partition coefficient (Wildman–Crippen LogP) is 2.20. The summed E-state index contributed by atoms with van der Waals surface area (Å²) in [5.41, 5.74) is 2.80. The van der Waals surface area contributed by atoms with Crippen LogP contribution in [0.15, 0.2) is 78.9 Å². The van der Waals surface area contributed by atoms with Gasteiger partial charge in [0.15, 0.2) is 0 Å². The number of benzene rings is 3. The highest BCUT2D eigenvalue weighted by molar-refractivity contribution is 7.07. The maximum atomic E-state index is 6.36. The minimum Gasteiger partial charge on any atom is -0.408 e. The molecule has 3 aromatic rings. The molecule has 1 heterocycles. The second-order valence-corrected chi connectivity index (χ2v) is 9.17. The van der Waals surface area contributed by atoms with Crippen LogP contribution in [0.25, 0.3) is 0 Å². The van der Waals surface area contributed by atoms with Crippen LogP contribution in [0, 0.1) is 0 Å². The fraction of sp³-hybridized carbons (Fsp3) is 0.100. The van der Waals surface area contributed by atoms with Crippen LogP contribution in [0.1, 0.15) is 11.1 Å². The highest BCUT2D eigenvalue weighted by Crippen LogP contribution is 2.20. The zero-order valence-electron chi connectivity index (χ0n) is 12.6. The molecule has 0 fully saturated rings. The highest BCUT2D eigenvalue weighted by atomic mass is 28.4. The molecule has 1 aliphatic rings. The highest BCUT2D eigenvalue weighted by Gasteiger charge is 2.45. The Balaban J connectivity index is 2.09. The first-order chi connectivity index (χ1) is 10.9. The van der Waals surface area contributed by atoms with E-state index in [1.165, 1.54) is 26.7 Å². The molecule has 0 unspecified atom stereocenters. The molecule has 0 aliphatic carbocycles. The number of rotatable bonds is 2. The van der Waals surface area contributed by atoms with E-state index in [1.54, 1.807) is 0 Å². The molecule has 0 atom stereocenters. The van der Waals surface area contributed by atoms with E-state index in [-0.39, 0.29) is 0 Å². The number of fused-ring (bicyclic) bond motifs is 2. The number of hydrogen-bond donors (Lipinski definition) is 0. The van der Waals surface area contributed by atoms with Gasteiger partial charge in [0.25, 0.3) is 8.32 Å². The lowest BCUT2D eigenvalue weighted by molar-refractivity contribution is 0.425. The molecule has 0 spiro atoms. The van der Waals surface area contributed by atoms with Crippen molar-refractivity contribution in [2.24, 2.45) is 0 Å². The van der Waals surface area contributed by atoms with Crippen molar-refractivity contribution >= 4 is 23.9 Å². The van der Waals surface area contributed by atoms with E-state index < -0.39 is 8.32 Å². The third-order valence-corrected chi connectivity index (χ3v) is 8.91. The van der Waals surface area contributed by atoms with Crippen molar-refractivity contribution in [2.75, 3.05) is 7.11 Å². The van der Waals surface area contributed by atoms with E-state index in [2.05, 4.69) is 78.9 Å². The van der Waals surface area contributed by atoms with Crippen molar-refractivity contribution in [2.45, 2.75) is 6.42 Å². The molecule has 3 aromatic carbocycles. The molecule has 1 aliphatic heterocycles. The molecule has 2 heteroatoms. The first-order valence-electron chi connectivity index (χ1n) is 7.63. The average Bonchev–Trinajstić information content (AvgIpc) is 2.60. The standard InChI is InChI=1S/C20H18OSi/c1-21-22(18-11-3-2-4-12-18)19-13-7-5-9-16(19)15-17-10-6-8-14-20(17)22/h2-14H,15H2,1H3. The van der Waals surface area contributed by atoms with Crippen LogP contribution < -0.4 is 15.6 Å². The Kier molecular flexibility index (Phi) is 3.21. The summed E-state index contributed by atoms with van der Waals surface area (Å²) in [7, 11) is -0.501. The van der Waals surface area contributed by atoms with Gasteiger partial charge in [0, 0.05) is 7.11 Å². The summed E-state index contributed by atoms with van der Waals surface area (Å²) in [6, 6.07) is 28.3. The summed E-state index contributed by atoms with van der Waals surface area (Å²) in [6.07, 6.45) is 0.997. The molecule has 0 saturated heterocycles. The van der Waals surface area contributed by atoms with Crippen molar-refractivity contribution < 1.29 is 4.43 Å². The van der Waals surface area contributed by atoms with Crippen LogP contribution in [0.4, 0.5) is 0 Å². The largest absolute Gasteiger partial charge is 0.408 e. The molecule has 0 radical (unpaired) electrons. The predicted molar refractivity (Wildman–Crippen MR) is 93.8 cm³/mol. The van der Waals surface area contributed by atoms with Crippen LogP contribution in [0.5, 0.6) is 0 Å². The summed E-state index contributed by atoms with van der Waals surface area (Å²) in [4.78, 5) is 0. The molecule has 0 N–H and O–H groups in total. The quantitative estimate of drug-likeness (QED) is 0.660. The smallest absolute Gasteiger partial charge is 0.288 e. The van der Waals surface area contributed by atoms with Gasteiger partial charge in [-0.25, -0.2) is 0 Å².